The van der Waals surface area contributed by atoms with Crippen molar-refractivity contribution in [1.29, 1.82) is 0 Å². The van der Waals surface area contributed by atoms with E-state index in [1.807, 2.05) is 25.1 Å². The van der Waals surface area contributed by atoms with Gasteiger partial charge in [0.1, 0.15) is 11.4 Å². The fourth-order valence-electron chi connectivity index (χ4n) is 1.96. The third kappa shape index (κ3) is 2.66. The van der Waals surface area contributed by atoms with Crippen LogP contribution in [0.1, 0.15) is 22.9 Å². The minimum absolute atomic E-state index is 0.381. The molecule has 5 heteroatoms. The molecule has 0 saturated heterocycles. The average molecular weight is 259 g/mol. The van der Waals surface area contributed by atoms with Gasteiger partial charge < -0.3 is 15.2 Å². The maximum atomic E-state index is 6.23. The summed E-state index contributed by atoms with van der Waals surface area (Å²) >= 11 is 0. The number of hydrogen-bond donors (Lipinski definition) is 1. The third-order valence-corrected chi connectivity index (χ3v) is 2.96. The Hall–Kier alpha value is -2.14. The van der Waals surface area contributed by atoms with E-state index in [-0.39, 0.29) is 6.04 Å². The van der Waals surface area contributed by atoms with Crippen LogP contribution in [0.4, 0.5) is 0 Å². The summed E-state index contributed by atoms with van der Waals surface area (Å²) in [6, 6.07) is 5.42. The monoisotopic (exact) mass is 259 g/mol. The molecule has 19 heavy (non-hydrogen) atoms. The van der Waals surface area contributed by atoms with Crippen LogP contribution in [0.2, 0.25) is 0 Å². The number of hydrogen-bond acceptors (Lipinski definition) is 5. The van der Waals surface area contributed by atoms with Crippen LogP contribution in [0, 0.1) is 6.92 Å². The van der Waals surface area contributed by atoms with Gasteiger partial charge in [-0.25, -0.2) is 4.98 Å². The number of benzene rings is 1. The minimum atomic E-state index is -0.381. The zero-order valence-corrected chi connectivity index (χ0v) is 11.3. The molecule has 1 heterocycles. The molecule has 2 aromatic rings. The van der Waals surface area contributed by atoms with Crippen molar-refractivity contribution < 1.29 is 9.47 Å². The van der Waals surface area contributed by atoms with Crippen molar-refractivity contribution in [3.8, 4) is 11.6 Å². The van der Waals surface area contributed by atoms with Crippen LogP contribution in [-0.2, 0) is 0 Å². The SMILES string of the molecule is COc1ccc(C(N)c2nccnc2OC)cc1C. The molecule has 1 aromatic heterocycles. The minimum Gasteiger partial charge on any atom is -0.496 e. The summed E-state index contributed by atoms with van der Waals surface area (Å²) in [5.41, 5.74) is 8.82. The molecule has 0 aliphatic carbocycles. The molecule has 0 bridgehead atoms. The molecule has 0 aliphatic heterocycles. The Morgan fingerprint density at radius 2 is 1.84 bits per heavy atom. The summed E-state index contributed by atoms with van der Waals surface area (Å²) < 4.78 is 10.4. The van der Waals surface area contributed by atoms with E-state index in [2.05, 4.69) is 9.97 Å². The number of aromatic nitrogens is 2. The Labute approximate surface area is 112 Å². The number of ether oxygens (including phenoxy) is 2. The fraction of sp³-hybridized carbons (Fsp3) is 0.286. The van der Waals surface area contributed by atoms with Gasteiger partial charge in [0.05, 0.1) is 20.3 Å². The molecule has 0 aliphatic rings. The molecule has 0 fully saturated rings. The van der Waals surface area contributed by atoms with Crippen molar-refractivity contribution in [3.63, 3.8) is 0 Å². The van der Waals surface area contributed by atoms with Crippen LogP contribution in [0.3, 0.4) is 0 Å². The first-order valence-corrected chi connectivity index (χ1v) is 5.92. The van der Waals surface area contributed by atoms with E-state index in [1.54, 1.807) is 26.6 Å². The topological polar surface area (TPSA) is 70.3 Å². The first-order valence-electron chi connectivity index (χ1n) is 5.92. The largest absolute Gasteiger partial charge is 0.496 e. The molecule has 0 radical (unpaired) electrons. The molecule has 0 amide bonds. The predicted octanol–water partition coefficient (Wildman–Crippen LogP) is 1.85. The van der Waals surface area contributed by atoms with Gasteiger partial charge in [-0.3, -0.25) is 4.98 Å². The van der Waals surface area contributed by atoms with Crippen molar-refractivity contribution in [2.75, 3.05) is 14.2 Å². The lowest BCUT2D eigenvalue weighted by atomic mass is 10.0. The number of nitrogens with zero attached hydrogens (tertiary/aromatic N) is 2. The van der Waals surface area contributed by atoms with Crippen LogP contribution < -0.4 is 15.2 Å². The number of rotatable bonds is 4. The van der Waals surface area contributed by atoms with Crippen LogP contribution in [0.25, 0.3) is 0 Å². The summed E-state index contributed by atoms with van der Waals surface area (Å²) in [5, 5.41) is 0. The maximum absolute atomic E-state index is 6.23. The number of nitrogens with two attached hydrogens (primary N) is 1. The fourth-order valence-corrected chi connectivity index (χ4v) is 1.96. The Morgan fingerprint density at radius 3 is 2.47 bits per heavy atom. The summed E-state index contributed by atoms with van der Waals surface area (Å²) in [6.07, 6.45) is 3.18. The highest BCUT2D eigenvalue weighted by molar-refractivity contribution is 5.40. The van der Waals surface area contributed by atoms with Gasteiger partial charge >= 0.3 is 0 Å². The first kappa shape index (κ1) is 13.3. The summed E-state index contributed by atoms with van der Waals surface area (Å²) in [4.78, 5) is 8.36. The Bertz CT molecular complexity index is 572. The van der Waals surface area contributed by atoms with Gasteiger partial charge in [-0.15, -0.1) is 0 Å². The molecular weight excluding hydrogens is 242 g/mol. The zero-order chi connectivity index (χ0) is 13.8. The van der Waals surface area contributed by atoms with Crippen molar-refractivity contribution >= 4 is 0 Å². The van der Waals surface area contributed by atoms with Gasteiger partial charge in [-0.05, 0) is 24.1 Å². The Morgan fingerprint density at radius 1 is 1.11 bits per heavy atom. The standard InChI is InChI=1S/C14H17N3O2/c1-9-8-10(4-5-11(9)18-2)12(15)13-14(19-3)17-7-6-16-13/h4-8,12H,15H2,1-3H3. The van der Waals surface area contributed by atoms with E-state index in [4.69, 9.17) is 15.2 Å². The van der Waals surface area contributed by atoms with E-state index >= 15 is 0 Å². The van der Waals surface area contributed by atoms with E-state index < -0.39 is 0 Å². The molecule has 100 valence electrons. The highest BCUT2D eigenvalue weighted by atomic mass is 16.5. The number of methoxy groups -OCH3 is 2. The summed E-state index contributed by atoms with van der Waals surface area (Å²) in [6.45, 7) is 1.98. The first-order chi connectivity index (χ1) is 9.17. The molecule has 2 N–H and O–H groups in total. The van der Waals surface area contributed by atoms with Crippen molar-refractivity contribution in [3.05, 3.63) is 47.4 Å². The lowest BCUT2D eigenvalue weighted by molar-refractivity contribution is 0.387. The Balaban J connectivity index is 2.38. The van der Waals surface area contributed by atoms with E-state index in [0.717, 1.165) is 16.9 Å². The predicted molar refractivity (Wildman–Crippen MR) is 72.3 cm³/mol. The normalized spacial score (nSPS) is 12.0. The van der Waals surface area contributed by atoms with Crippen LogP contribution in [0.15, 0.2) is 30.6 Å². The van der Waals surface area contributed by atoms with E-state index in [1.165, 1.54) is 0 Å². The lowest BCUT2D eigenvalue weighted by Crippen LogP contribution is -2.15. The molecule has 1 atom stereocenters. The van der Waals surface area contributed by atoms with Crippen molar-refractivity contribution in [1.82, 2.24) is 9.97 Å². The van der Waals surface area contributed by atoms with Crippen molar-refractivity contribution in [2.45, 2.75) is 13.0 Å². The second kappa shape index (κ2) is 5.67. The quantitative estimate of drug-likeness (QED) is 0.907. The smallest absolute Gasteiger partial charge is 0.237 e. The third-order valence-electron chi connectivity index (χ3n) is 2.96. The number of aryl methyl sites for hydroxylation is 1. The summed E-state index contributed by atoms with van der Waals surface area (Å²) in [7, 11) is 3.20. The molecule has 1 unspecified atom stereocenters. The van der Waals surface area contributed by atoms with Gasteiger partial charge in [0.25, 0.3) is 0 Å². The Kier molecular flexibility index (Phi) is 3.97. The molecule has 0 spiro atoms. The van der Waals surface area contributed by atoms with Gasteiger partial charge in [0.2, 0.25) is 5.88 Å². The van der Waals surface area contributed by atoms with Gasteiger partial charge in [-0.1, -0.05) is 12.1 Å². The molecule has 5 nitrogen and oxygen atoms in total. The van der Waals surface area contributed by atoms with Crippen molar-refractivity contribution in [2.24, 2.45) is 5.73 Å². The van der Waals surface area contributed by atoms with Crippen LogP contribution >= 0.6 is 0 Å². The van der Waals surface area contributed by atoms with Crippen LogP contribution in [-0.4, -0.2) is 24.2 Å². The van der Waals surface area contributed by atoms with E-state index in [0.29, 0.717) is 11.6 Å². The van der Waals surface area contributed by atoms with Gasteiger partial charge in [0, 0.05) is 12.4 Å². The van der Waals surface area contributed by atoms with Crippen LogP contribution in [0.5, 0.6) is 11.6 Å². The molecule has 0 saturated carbocycles. The summed E-state index contributed by atoms with van der Waals surface area (Å²) in [5.74, 6) is 1.28. The van der Waals surface area contributed by atoms with E-state index in [9.17, 15) is 0 Å². The molecular formula is C14H17N3O2. The highest BCUT2D eigenvalue weighted by Gasteiger charge is 2.17. The lowest BCUT2D eigenvalue weighted by Gasteiger charge is -2.15. The van der Waals surface area contributed by atoms with Gasteiger partial charge in [-0.2, -0.15) is 0 Å². The average Bonchev–Trinajstić information content (AvgIpc) is 2.46. The maximum Gasteiger partial charge on any atom is 0.237 e. The highest BCUT2D eigenvalue weighted by Crippen LogP contribution is 2.27. The zero-order valence-electron chi connectivity index (χ0n) is 11.3. The second-order valence-corrected chi connectivity index (χ2v) is 4.16. The van der Waals surface area contributed by atoms with Gasteiger partial charge in [0.15, 0.2) is 0 Å². The molecule has 1 aromatic carbocycles. The second-order valence-electron chi connectivity index (χ2n) is 4.16. The molecule has 2 rings (SSSR count).